The third-order valence-electron chi connectivity index (χ3n) is 2.07. The van der Waals surface area contributed by atoms with Gasteiger partial charge in [0.05, 0.1) is 19.3 Å². The van der Waals surface area contributed by atoms with Crippen molar-refractivity contribution in [2.45, 2.75) is 38.2 Å². The Morgan fingerprint density at radius 2 is 2.00 bits per heavy atom. The molecule has 13 heavy (non-hydrogen) atoms. The van der Waals surface area contributed by atoms with Crippen molar-refractivity contribution in [3.63, 3.8) is 0 Å². The molecule has 0 heterocycles. The number of halogens is 1. The number of rotatable bonds is 6. The van der Waals surface area contributed by atoms with Crippen LogP contribution in [0, 0.1) is 5.92 Å². The molecule has 0 spiro atoms. The van der Waals surface area contributed by atoms with Crippen LogP contribution in [0.5, 0.6) is 0 Å². The highest BCUT2D eigenvalue weighted by atomic mass is 35.5. The van der Waals surface area contributed by atoms with Crippen LogP contribution in [0.4, 0.5) is 0 Å². The molecular formula is C10H19ClO2. The van der Waals surface area contributed by atoms with Gasteiger partial charge in [0.25, 0.3) is 0 Å². The van der Waals surface area contributed by atoms with E-state index in [0.717, 1.165) is 19.4 Å². The van der Waals surface area contributed by atoms with Gasteiger partial charge in [-0.1, -0.05) is 13.8 Å². The molecule has 1 rings (SSSR count). The van der Waals surface area contributed by atoms with Crippen molar-refractivity contribution in [1.82, 2.24) is 0 Å². The average Bonchev–Trinajstić information content (AvgIpc) is 1.99. The zero-order chi connectivity index (χ0) is 9.68. The van der Waals surface area contributed by atoms with Gasteiger partial charge in [-0.2, -0.15) is 0 Å². The van der Waals surface area contributed by atoms with Crippen LogP contribution in [0.3, 0.4) is 0 Å². The molecule has 0 aromatic rings. The van der Waals surface area contributed by atoms with Gasteiger partial charge >= 0.3 is 0 Å². The SMILES string of the molecule is CC(C)COCCOC1CC(Cl)C1. The molecule has 0 N–H and O–H groups in total. The zero-order valence-corrected chi connectivity index (χ0v) is 9.22. The minimum absolute atomic E-state index is 0.349. The molecule has 0 saturated heterocycles. The highest BCUT2D eigenvalue weighted by Crippen LogP contribution is 2.27. The Balaban J connectivity index is 1.79. The predicted octanol–water partition coefficient (Wildman–Crippen LogP) is 2.45. The summed E-state index contributed by atoms with van der Waals surface area (Å²) in [5, 5.41) is 0.349. The van der Waals surface area contributed by atoms with Gasteiger partial charge < -0.3 is 9.47 Å². The first-order valence-corrected chi connectivity index (χ1v) is 5.45. The van der Waals surface area contributed by atoms with Gasteiger partial charge in [0.1, 0.15) is 0 Å². The Morgan fingerprint density at radius 3 is 2.54 bits per heavy atom. The lowest BCUT2D eigenvalue weighted by molar-refractivity contribution is -0.0301. The molecule has 1 aliphatic rings. The first-order chi connectivity index (χ1) is 6.18. The minimum atomic E-state index is 0.349. The Bertz CT molecular complexity index is 133. The van der Waals surface area contributed by atoms with E-state index >= 15 is 0 Å². The smallest absolute Gasteiger partial charge is 0.0704 e. The Kier molecular flexibility index (Phi) is 5.07. The quantitative estimate of drug-likeness (QED) is 0.491. The molecule has 0 bridgehead atoms. The molecule has 0 atom stereocenters. The molecule has 0 aromatic carbocycles. The van der Waals surface area contributed by atoms with Crippen LogP contribution in [0.15, 0.2) is 0 Å². The second-order valence-electron chi connectivity index (χ2n) is 4.03. The minimum Gasteiger partial charge on any atom is -0.379 e. The van der Waals surface area contributed by atoms with E-state index in [2.05, 4.69) is 13.8 Å². The van der Waals surface area contributed by atoms with Crippen LogP contribution in [-0.4, -0.2) is 31.3 Å². The summed E-state index contributed by atoms with van der Waals surface area (Å²) in [6, 6.07) is 0. The highest BCUT2D eigenvalue weighted by Gasteiger charge is 2.27. The van der Waals surface area contributed by atoms with Crippen molar-refractivity contribution >= 4 is 11.6 Å². The molecule has 1 saturated carbocycles. The van der Waals surface area contributed by atoms with E-state index in [0.29, 0.717) is 30.6 Å². The van der Waals surface area contributed by atoms with E-state index in [-0.39, 0.29) is 0 Å². The lowest BCUT2D eigenvalue weighted by Crippen LogP contribution is -2.32. The lowest BCUT2D eigenvalue weighted by atomic mass is 9.95. The third-order valence-corrected chi connectivity index (χ3v) is 2.43. The summed E-state index contributed by atoms with van der Waals surface area (Å²) < 4.78 is 10.9. The van der Waals surface area contributed by atoms with Crippen LogP contribution in [0.2, 0.25) is 0 Å². The van der Waals surface area contributed by atoms with Gasteiger partial charge in [0, 0.05) is 12.0 Å². The van der Waals surface area contributed by atoms with Gasteiger partial charge in [-0.3, -0.25) is 0 Å². The van der Waals surface area contributed by atoms with E-state index in [1.165, 1.54) is 0 Å². The maximum Gasteiger partial charge on any atom is 0.0704 e. The fourth-order valence-electron chi connectivity index (χ4n) is 1.23. The summed E-state index contributed by atoms with van der Waals surface area (Å²) in [7, 11) is 0. The van der Waals surface area contributed by atoms with E-state index in [1.807, 2.05) is 0 Å². The van der Waals surface area contributed by atoms with Crippen molar-refractivity contribution in [1.29, 1.82) is 0 Å². The molecule has 0 amide bonds. The summed E-state index contributed by atoms with van der Waals surface area (Å²) in [5.41, 5.74) is 0. The molecule has 1 fully saturated rings. The molecule has 0 unspecified atom stereocenters. The predicted molar refractivity (Wildman–Crippen MR) is 54.3 cm³/mol. The largest absolute Gasteiger partial charge is 0.379 e. The summed E-state index contributed by atoms with van der Waals surface area (Å²) in [5.74, 6) is 0.607. The van der Waals surface area contributed by atoms with Crippen LogP contribution >= 0.6 is 11.6 Å². The second-order valence-corrected chi connectivity index (χ2v) is 4.65. The van der Waals surface area contributed by atoms with E-state index in [9.17, 15) is 0 Å². The maximum absolute atomic E-state index is 5.81. The highest BCUT2D eigenvalue weighted by molar-refractivity contribution is 6.21. The van der Waals surface area contributed by atoms with Gasteiger partial charge in [-0.25, -0.2) is 0 Å². The van der Waals surface area contributed by atoms with Gasteiger partial charge in [0.15, 0.2) is 0 Å². The molecule has 0 radical (unpaired) electrons. The van der Waals surface area contributed by atoms with Crippen LogP contribution in [0.25, 0.3) is 0 Å². The van der Waals surface area contributed by atoms with E-state index in [4.69, 9.17) is 21.1 Å². The van der Waals surface area contributed by atoms with Gasteiger partial charge in [-0.05, 0) is 18.8 Å². The Labute approximate surface area is 85.5 Å². The molecular weight excluding hydrogens is 188 g/mol. The molecule has 0 aromatic heterocycles. The lowest BCUT2D eigenvalue weighted by Gasteiger charge is -2.30. The van der Waals surface area contributed by atoms with E-state index < -0.39 is 0 Å². The normalized spacial score (nSPS) is 27.7. The fraction of sp³-hybridized carbons (Fsp3) is 1.00. The van der Waals surface area contributed by atoms with Crippen molar-refractivity contribution in [2.75, 3.05) is 19.8 Å². The Morgan fingerprint density at radius 1 is 1.31 bits per heavy atom. The van der Waals surface area contributed by atoms with Crippen LogP contribution < -0.4 is 0 Å². The monoisotopic (exact) mass is 206 g/mol. The third kappa shape index (κ3) is 4.84. The van der Waals surface area contributed by atoms with Gasteiger partial charge in [0.2, 0.25) is 0 Å². The fourth-order valence-corrected chi connectivity index (χ4v) is 1.63. The van der Waals surface area contributed by atoms with Crippen molar-refractivity contribution < 1.29 is 9.47 Å². The van der Waals surface area contributed by atoms with Crippen molar-refractivity contribution in [2.24, 2.45) is 5.92 Å². The molecule has 2 nitrogen and oxygen atoms in total. The first kappa shape index (κ1) is 11.3. The topological polar surface area (TPSA) is 18.5 Å². The second kappa shape index (κ2) is 5.84. The molecule has 3 heteroatoms. The summed E-state index contributed by atoms with van der Waals surface area (Å²) in [6.45, 7) is 6.53. The summed E-state index contributed by atoms with van der Waals surface area (Å²) in [6.07, 6.45) is 2.41. The number of ether oxygens (including phenoxy) is 2. The van der Waals surface area contributed by atoms with Crippen LogP contribution in [0.1, 0.15) is 26.7 Å². The number of hydrogen-bond donors (Lipinski definition) is 0. The van der Waals surface area contributed by atoms with Crippen LogP contribution in [-0.2, 0) is 9.47 Å². The van der Waals surface area contributed by atoms with Crippen molar-refractivity contribution in [3.8, 4) is 0 Å². The Hall–Kier alpha value is 0.210. The molecule has 78 valence electrons. The summed E-state index contributed by atoms with van der Waals surface area (Å²) in [4.78, 5) is 0. The van der Waals surface area contributed by atoms with Crippen molar-refractivity contribution in [3.05, 3.63) is 0 Å². The number of hydrogen-bond acceptors (Lipinski definition) is 2. The zero-order valence-electron chi connectivity index (χ0n) is 8.46. The van der Waals surface area contributed by atoms with E-state index in [1.54, 1.807) is 0 Å². The standard InChI is InChI=1S/C10H19ClO2/c1-8(2)7-12-3-4-13-10-5-9(11)6-10/h8-10H,3-7H2,1-2H3. The average molecular weight is 207 g/mol. The first-order valence-electron chi connectivity index (χ1n) is 5.02. The van der Waals surface area contributed by atoms with Gasteiger partial charge in [-0.15, -0.1) is 11.6 Å². The summed E-state index contributed by atoms with van der Waals surface area (Å²) >= 11 is 5.81. The maximum atomic E-state index is 5.81. The molecule has 1 aliphatic carbocycles. The number of alkyl halides is 1. The molecule has 0 aliphatic heterocycles.